The zero-order chi connectivity index (χ0) is 12.8. The summed E-state index contributed by atoms with van der Waals surface area (Å²) in [5.41, 5.74) is 1.05. The van der Waals surface area contributed by atoms with E-state index in [2.05, 4.69) is 20.8 Å². The van der Waals surface area contributed by atoms with Gasteiger partial charge in [0.1, 0.15) is 0 Å². The largest absolute Gasteiger partial charge is 0.395 e. The minimum absolute atomic E-state index is 0.0748. The molecular formula is C11H15BrN2O3. The van der Waals surface area contributed by atoms with Crippen LogP contribution in [0.4, 0.5) is 5.69 Å². The highest BCUT2D eigenvalue weighted by Crippen LogP contribution is 2.24. The minimum atomic E-state index is -0.417. The third-order valence-electron chi connectivity index (χ3n) is 2.50. The molecule has 0 spiro atoms. The first-order chi connectivity index (χ1) is 8.08. The number of non-ortho nitro benzene ring substituents is 1. The molecule has 1 rings (SSSR count). The molecule has 17 heavy (non-hydrogen) atoms. The fourth-order valence-corrected chi connectivity index (χ4v) is 2.00. The van der Waals surface area contributed by atoms with Gasteiger partial charge in [-0.25, -0.2) is 0 Å². The zero-order valence-corrected chi connectivity index (χ0v) is 11.2. The van der Waals surface area contributed by atoms with Crippen LogP contribution in [-0.4, -0.2) is 34.6 Å². The highest BCUT2D eigenvalue weighted by Gasteiger charge is 2.11. The summed E-state index contributed by atoms with van der Waals surface area (Å²) in [6.45, 7) is 4.20. The standard InChI is InChI=1S/C11H15BrN2O3/c1-2-13(5-6-15)8-9-3-4-10(14(16)17)7-11(9)12/h3-4,7,15H,2,5-6,8H2,1H3. The van der Waals surface area contributed by atoms with Crippen LogP contribution < -0.4 is 0 Å². The number of benzene rings is 1. The van der Waals surface area contributed by atoms with Gasteiger partial charge in [0, 0.05) is 29.7 Å². The molecule has 0 saturated carbocycles. The smallest absolute Gasteiger partial charge is 0.270 e. The number of aliphatic hydroxyl groups excluding tert-OH is 1. The predicted octanol–water partition coefficient (Wildman–Crippen LogP) is 2.17. The molecule has 1 aromatic carbocycles. The Labute approximate surface area is 108 Å². The molecule has 94 valence electrons. The number of likely N-dealkylation sites (N-methyl/N-ethyl adjacent to an activating group) is 1. The van der Waals surface area contributed by atoms with E-state index in [1.165, 1.54) is 12.1 Å². The molecule has 6 heteroatoms. The summed E-state index contributed by atoms with van der Waals surface area (Å²) in [5, 5.41) is 19.5. The van der Waals surface area contributed by atoms with Crippen LogP contribution in [0.5, 0.6) is 0 Å². The first-order valence-corrected chi connectivity index (χ1v) is 6.13. The van der Waals surface area contributed by atoms with Crippen molar-refractivity contribution < 1.29 is 10.0 Å². The molecule has 0 aliphatic rings. The fraction of sp³-hybridized carbons (Fsp3) is 0.455. The quantitative estimate of drug-likeness (QED) is 0.646. The number of nitrogens with zero attached hydrogens (tertiary/aromatic N) is 2. The Morgan fingerprint density at radius 3 is 2.71 bits per heavy atom. The molecule has 0 aliphatic carbocycles. The lowest BCUT2D eigenvalue weighted by molar-refractivity contribution is -0.384. The molecule has 0 fully saturated rings. The molecule has 0 aliphatic heterocycles. The van der Waals surface area contributed by atoms with Crippen LogP contribution in [0.15, 0.2) is 22.7 Å². The number of halogens is 1. The van der Waals surface area contributed by atoms with Gasteiger partial charge < -0.3 is 5.11 Å². The zero-order valence-electron chi connectivity index (χ0n) is 9.60. The Morgan fingerprint density at radius 1 is 1.53 bits per heavy atom. The van der Waals surface area contributed by atoms with Gasteiger partial charge in [0.2, 0.25) is 0 Å². The fourth-order valence-electron chi connectivity index (χ4n) is 1.51. The summed E-state index contributed by atoms with van der Waals surface area (Å²) in [4.78, 5) is 12.2. The average Bonchev–Trinajstić information content (AvgIpc) is 2.30. The molecule has 0 aromatic heterocycles. The molecule has 0 heterocycles. The topological polar surface area (TPSA) is 66.6 Å². The van der Waals surface area contributed by atoms with Crippen molar-refractivity contribution in [1.29, 1.82) is 0 Å². The SMILES string of the molecule is CCN(CCO)Cc1ccc([N+](=O)[O-])cc1Br. The highest BCUT2D eigenvalue weighted by atomic mass is 79.9. The molecule has 0 unspecified atom stereocenters. The van der Waals surface area contributed by atoms with E-state index in [4.69, 9.17) is 5.11 Å². The van der Waals surface area contributed by atoms with Gasteiger partial charge in [-0.05, 0) is 18.2 Å². The van der Waals surface area contributed by atoms with Crippen molar-refractivity contribution in [3.8, 4) is 0 Å². The maximum Gasteiger partial charge on any atom is 0.270 e. The van der Waals surface area contributed by atoms with Crippen LogP contribution in [-0.2, 0) is 6.54 Å². The lowest BCUT2D eigenvalue weighted by Crippen LogP contribution is -2.26. The molecule has 0 saturated heterocycles. The third-order valence-corrected chi connectivity index (χ3v) is 3.24. The van der Waals surface area contributed by atoms with Gasteiger partial charge in [0.15, 0.2) is 0 Å². The van der Waals surface area contributed by atoms with Gasteiger partial charge in [0.25, 0.3) is 5.69 Å². The van der Waals surface area contributed by atoms with Crippen molar-refractivity contribution >= 4 is 21.6 Å². The minimum Gasteiger partial charge on any atom is -0.395 e. The number of hydrogen-bond acceptors (Lipinski definition) is 4. The van der Waals surface area contributed by atoms with Crippen LogP contribution >= 0.6 is 15.9 Å². The number of aliphatic hydroxyl groups is 1. The summed E-state index contributed by atoms with van der Waals surface area (Å²) in [6, 6.07) is 4.73. The van der Waals surface area contributed by atoms with Crippen LogP contribution in [0.1, 0.15) is 12.5 Å². The number of nitro groups is 1. The number of rotatable bonds is 6. The second kappa shape index (κ2) is 6.68. The Hall–Kier alpha value is -0.980. The second-order valence-corrected chi connectivity index (χ2v) is 4.48. The van der Waals surface area contributed by atoms with E-state index in [1.54, 1.807) is 6.07 Å². The molecule has 0 amide bonds. The van der Waals surface area contributed by atoms with E-state index in [-0.39, 0.29) is 12.3 Å². The van der Waals surface area contributed by atoms with Crippen molar-refractivity contribution in [2.75, 3.05) is 19.7 Å². The van der Waals surface area contributed by atoms with Gasteiger partial charge >= 0.3 is 0 Å². The maximum atomic E-state index is 10.6. The Bertz CT molecular complexity index is 398. The average molecular weight is 303 g/mol. The van der Waals surface area contributed by atoms with E-state index in [9.17, 15) is 10.1 Å². The monoisotopic (exact) mass is 302 g/mol. The van der Waals surface area contributed by atoms with E-state index in [0.717, 1.165) is 16.6 Å². The Morgan fingerprint density at radius 2 is 2.24 bits per heavy atom. The number of hydrogen-bond donors (Lipinski definition) is 1. The summed E-state index contributed by atoms with van der Waals surface area (Å²) in [6.07, 6.45) is 0. The van der Waals surface area contributed by atoms with Gasteiger partial charge in [-0.1, -0.05) is 22.9 Å². The molecule has 1 aromatic rings. The van der Waals surface area contributed by atoms with Crippen LogP contribution in [0.25, 0.3) is 0 Å². The highest BCUT2D eigenvalue weighted by molar-refractivity contribution is 9.10. The molecule has 0 radical (unpaired) electrons. The van der Waals surface area contributed by atoms with Crippen molar-refractivity contribution in [2.45, 2.75) is 13.5 Å². The van der Waals surface area contributed by atoms with Gasteiger partial charge in [-0.2, -0.15) is 0 Å². The summed E-state index contributed by atoms with van der Waals surface area (Å²) < 4.78 is 0.725. The molecule has 1 N–H and O–H groups in total. The van der Waals surface area contributed by atoms with Gasteiger partial charge in [-0.15, -0.1) is 0 Å². The third kappa shape index (κ3) is 4.07. The number of nitro benzene ring substituents is 1. The predicted molar refractivity (Wildman–Crippen MR) is 68.8 cm³/mol. The van der Waals surface area contributed by atoms with Crippen molar-refractivity contribution in [1.82, 2.24) is 4.90 Å². The Kier molecular flexibility index (Phi) is 5.54. The summed E-state index contributed by atoms with van der Waals surface area (Å²) >= 11 is 3.33. The molecule has 5 nitrogen and oxygen atoms in total. The van der Waals surface area contributed by atoms with Crippen LogP contribution in [0.3, 0.4) is 0 Å². The Balaban J connectivity index is 2.81. The maximum absolute atomic E-state index is 10.6. The van der Waals surface area contributed by atoms with Crippen molar-refractivity contribution in [3.63, 3.8) is 0 Å². The molecule has 0 bridgehead atoms. The van der Waals surface area contributed by atoms with Crippen molar-refractivity contribution in [3.05, 3.63) is 38.3 Å². The van der Waals surface area contributed by atoms with E-state index < -0.39 is 4.92 Å². The lowest BCUT2D eigenvalue weighted by atomic mass is 10.2. The summed E-state index contributed by atoms with van der Waals surface area (Å²) in [5.74, 6) is 0. The van der Waals surface area contributed by atoms with E-state index in [0.29, 0.717) is 13.1 Å². The molecule has 0 atom stereocenters. The normalized spacial score (nSPS) is 10.8. The van der Waals surface area contributed by atoms with Crippen molar-refractivity contribution in [2.24, 2.45) is 0 Å². The van der Waals surface area contributed by atoms with Gasteiger partial charge in [-0.3, -0.25) is 15.0 Å². The van der Waals surface area contributed by atoms with Gasteiger partial charge in [0.05, 0.1) is 11.5 Å². The first kappa shape index (κ1) is 14.1. The molecular weight excluding hydrogens is 288 g/mol. The van der Waals surface area contributed by atoms with E-state index >= 15 is 0 Å². The summed E-state index contributed by atoms with van der Waals surface area (Å²) in [7, 11) is 0. The van der Waals surface area contributed by atoms with Crippen LogP contribution in [0.2, 0.25) is 0 Å². The first-order valence-electron chi connectivity index (χ1n) is 5.34. The van der Waals surface area contributed by atoms with E-state index in [1.807, 2.05) is 6.92 Å². The van der Waals surface area contributed by atoms with Crippen LogP contribution in [0, 0.1) is 10.1 Å². The lowest BCUT2D eigenvalue weighted by Gasteiger charge is -2.19. The second-order valence-electron chi connectivity index (χ2n) is 3.63.